The van der Waals surface area contributed by atoms with Crippen LogP contribution in [0.25, 0.3) is 0 Å². The smallest absolute Gasteiger partial charge is 0.156 e. The first-order valence-electron chi connectivity index (χ1n) is 5.07. The average molecular weight is 207 g/mol. The van der Waals surface area contributed by atoms with Gasteiger partial charge in [-0.3, -0.25) is 0 Å². The quantitative estimate of drug-likeness (QED) is 0.453. The zero-order valence-corrected chi connectivity index (χ0v) is 9.18. The highest BCUT2D eigenvalue weighted by Crippen LogP contribution is 2.16. The van der Waals surface area contributed by atoms with Gasteiger partial charge in [-0.25, -0.2) is 0 Å². The topological polar surface area (TPSA) is 50.8 Å². The Morgan fingerprint density at radius 1 is 1.33 bits per heavy atom. The van der Waals surface area contributed by atoms with Crippen LogP contribution in [-0.2, 0) is 0 Å². The summed E-state index contributed by atoms with van der Waals surface area (Å²) >= 11 is 0. The van der Waals surface area contributed by atoms with E-state index in [0.29, 0.717) is 0 Å². The van der Waals surface area contributed by atoms with Gasteiger partial charge in [0.15, 0.2) is 5.75 Å². The first-order valence-corrected chi connectivity index (χ1v) is 5.07. The maximum Gasteiger partial charge on any atom is 0.156 e. The molecule has 0 saturated heterocycles. The van der Waals surface area contributed by atoms with Gasteiger partial charge in [0.25, 0.3) is 0 Å². The van der Waals surface area contributed by atoms with Crippen LogP contribution in [0.2, 0.25) is 0 Å². The van der Waals surface area contributed by atoms with Crippen molar-refractivity contribution in [2.45, 2.75) is 13.8 Å². The van der Waals surface area contributed by atoms with Crippen molar-refractivity contribution in [3.63, 3.8) is 0 Å². The van der Waals surface area contributed by atoms with E-state index in [0.717, 1.165) is 24.4 Å². The molecule has 0 amide bonds. The molecule has 0 aliphatic carbocycles. The first kappa shape index (κ1) is 11.5. The summed E-state index contributed by atoms with van der Waals surface area (Å²) in [5, 5.41) is 5.37. The lowest BCUT2D eigenvalue weighted by molar-refractivity contribution is -0.0487. The molecule has 0 radical (unpaired) electrons. The Morgan fingerprint density at radius 2 is 2.00 bits per heavy atom. The molecule has 0 spiro atoms. The van der Waals surface area contributed by atoms with Crippen LogP contribution in [0.15, 0.2) is 29.4 Å². The Hall–Kier alpha value is -1.55. The van der Waals surface area contributed by atoms with E-state index in [9.17, 15) is 0 Å². The summed E-state index contributed by atoms with van der Waals surface area (Å²) in [6, 6.07) is 7.66. The third kappa shape index (κ3) is 3.25. The molecule has 0 aliphatic rings. The molecule has 0 saturated carbocycles. The highest BCUT2D eigenvalue weighted by Gasteiger charge is 2.05. The van der Waals surface area contributed by atoms with E-state index in [4.69, 9.17) is 10.7 Å². The molecule has 1 aromatic carbocycles. The zero-order chi connectivity index (χ0) is 11.1. The fraction of sp³-hybridized carbons (Fsp3) is 0.364. The average Bonchev–Trinajstić information content (AvgIpc) is 2.28. The Balaban J connectivity index is 2.83. The van der Waals surface area contributed by atoms with Gasteiger partial charge in [0.1, 0.15) is 0 Å². The van der Waals surface area contributed by atoms with Crippen LogP contribution < -0.4 is 10.7 Å². The monoisotopic (exact) mass is 207 g/mol. The molecule has 15 heavy (non-hydrogen) atoms. The van der Waals surface area contributed by atoms with Crippen LogP contribution in [-0.4, -0.2) is 24.4 Å². The van der Waals surface area contributed by atoms with Gasteiger partial charge in [0.2, 0.25) is 0 Å². The molecule has 0 atom stereocenters. The number of nitrogens with zero attached hydrogens (tertiary/aromatic N) is 2. The minimum atomic E-state index is 0.774. The second-order valence-corrected chi connectivity index (χ2v) is 3.02. The molecule has 4 nitrogen and oxygen atoms in total. The predicted octanol–water partition coefficient (Wildman–Crippen LogP) is 1.61. The van der Waals surface area contributed by atoms with Crippen molar-refractivity contribution >= 4 is 6.21 Å². The highest BCUT2D eigenvalue weighted by atomic mass is 16.7. The second-order valence-electron chi connectivity index (χ2n) is 3.02. The van der Waals surface area contributed by atoms with Gasteiger partial charge < -0.3 is 10.7 Å². The lowest BCUT2D eigenvalue weighted by Crippen LogP contribution is -2.27. The number of hydrazone groups is 1. The van der Waals surface area contributed by atoms with Crippen molar-refractivity contribution in [1.29, 1.82) is 0 Å². The molecule has 82 valence electrons. The molecule has 0 aromatic heterocycles. The van der Waals surface area contributed by atoms with Gasteiger partial charge in [-0.1, -0.05) is 12.1 Å². The number of para-hydroxylation sites is 1. The SMILES string of the molecule is CCN(CC)Oc1ccccc1C=NN. The Kier molecular flexibility index (Phi) is 4.63. The molecule has 0 aliphatic heterocycles. The first-order chi connectivity index (χ1) is 7.31. The number of hydrogen-bond acceptors (Lipinski definition) is 4. The minimum absolute atomic E-state index is 0.774. The van der Waals surface area contributed by atoms with Crippen LogP contribution in [0.1, 0.15) is 19.4 Å². The summed E-state index contributed by atoms with van der Waals surface area (Å²) in [4.78, 5) is 5.68. The molecular formula is C11H17N3O. The lowest BCUT2D eigenvalue weighted by atomic mass is 10.2. The van der Waals surface area contributed by atoms with Gasteiger partial charge in [-0.15, -0.1) is 5.06 Å². The van der Waals surface area contributed by atoms with Gasteiger partial charge in [-0.05, 0) is 26.0 Å². The van der Waals surface area contributed by atoms with E-state index in [1.807, 2.05) is 43.2 Å². The third-order valence-electron chi connectivity index (χ3n) is 2.07. The van der Waals surface area contributed by atoms with E-state index >= 15 is 0 Å². The predicted molar refractivity (Wildman–Crippen MR) is 61.8 cm³/mol. The van der Waals surface area contributed by atoms with Crippen LogP contribution in [0, 0.1) is 0 Å². The third-order valence-corrected chi connectivity index (χ3v) is 2.07. The Morgan fingerprint density at radius 3 is 2.60 bits per heavy atom. The summed E-state index contributed by atoms with van der Waals surface area (Å²) in [5.74, 6) is 5.90. The fourth-order valence-electron chi connectivity index (χ4n) is 1.24. The Labute approximate surface area is 90.3 Å². The summed E-state index contributed by atoms with van der Waals surface area (Å²) in [7, 11) is 0. The van der Waals surface area contributed by atoms with Crippen molar-refractivity contribution in [2.24, 2.45) is 10.9 Å². The number of hydrogen-bond donors (Lipinski definition) is 1. The summed E-state index contributed by atoms with van der Waals surface area (Å²) in [6.07, 6.45) is 1.58. The van der Waals surface area contributed by atoms with Crippen molar-refractivity contribution in [3.8, 4) is 5.75 Å². The van der Waals surface area contributed by atoms with Gasteiger partial charge in [0, 0.05) is 18.7 Å². The summed E-state index contributed by atoms with van der Waals surface area (Å²) in [6.45, 7) is 5.77. The summed E-state index contributed by atoms with van der Waals surface area (Å²) in [5.41, 5.74) is 0.881. The fourth-order valence-corrected chi connectivity index (χ4v) is 1.24. The Bertz CT molecular complexity index is 321. The largest absolute Gasteiger partial charge is 0.405 e. The maximum absolute atomic E-state index is 5.68. The van der Waals surface area contributed by atoms with Gasteiger partial charge in [-0.2, -0.15) is 5.10 Å². The van der Waals surface area contributed by atoms with E-state index in [1.165, 1.54) is 0 Å². The van der Waals surface area contributed by atoms with Crippen LogP contribution in [0.4, 0.5) is 0 Å². The molecular weight excluding hydrogens is 190 g/mol. The summed E-state index contributed by atoms with van der Waals surface area (Å²) < 4.78 is 0. The number of hydroxylamine groups is 2. The number of rotatable bonds is 5. The molecule has 0 bridgehead atoms. The molecule has 0 unspecified atom stereocenters. The second kappa shape index (κ2) is 6.03. The van der Waals surface area contributed by atoms with Crippen LogP contribution in [0.3, 0.4) is 0 Å². The molecule has 1 aromatic rings. The van der Waals surface area contributed by atoms with E-state index < -0.39 is 0 Å². The van der Waals surface area contributed by atoms with Crippen molar-refractivity contribution in [2.75, 3.05) is 13.1 Å². The lowest BCUT2D eigenvalue weighted by Gasteiger charge is -2.19. The highest BCUT2D eigenvalue weighted by molar-refractivity contribution is 5.83. The number of benzene rings is 1. The van der Waals surface area contributed by atoms with E-state index in [2.05, 4.69) is 5.10 Å². The molecule has 4 heteroatoms. The van der Waals surface area contributed by atoms with Crippen molar-refractivity contribution in [3.05, 3.63) is 29.8 Å². The normalized spacial score (nSPS) is 11.1. The van der Waals surface area contributed by atoms with E-state index in [1.54, 1.807) is 6.21 Å². The molecule has 0 fully saturated rings. The minimum Gasteiger partial charge on any atom is -0.405 e. The van der Waals surface area contributed by atoms with Crippen molar-refractivity contribution < 1.29 is 4.84 Å². The standard InChI is InChI=1S/C11H17N3O/c1-3-14(4-2)15-11-8-6-5-7-10(11)9-13-12/h5-9H,3-4,12H2,1-2H3. The van der Waals surface area contributed by atoms with Gasteiger partial charge in [0.05, 0.1) is 6.21 Å². The molecule has 1 rings (SSSR count). The van der Waals surface area contributed by atoms with Crippen LogP contribution in [0.5, 0.6) is 5.75 Å². The maximum atomic E-state index is 5.68. The molecule has 2 N–H and O–H groups in total. The zero-order valence-electron chi connectivity index (χ0n) is 9.18. The molecule has 0 heterocycles. The number of nitrogens with two attached hydrogens (primary N) is 1. The van der Waals surface area contributed by atoms with E-state index in [-0.39, 0.29) is 0 Å². The van der Waals surface area contributed by atoms with Crippen molar-refractivity contribution in [1.82, 2.24) is 5.06 Å². The van der Waals surface area contributed by atoms with Crippen LogP contribution >= 0.6 is 0 Å². The van der Waals surface area contributed by atoms with Gasteiger partial charge >= 0.3 is 0 Å².